The molecular formula is C26H38N6O3. The predicted octanol–water partition coefficient (Wildman–Crippen LogP) is 4.34. The van der Waals surface area contributed by atoms with E-state index in [9.17, 15) is 9.59 Å². The first kappa shape index (κ1) is 26.2. The quantitative estimate of drug-likeness (QED) is 0.420. The van der Waals surface area contributed by atoms with Crippen molar-refractivity contribution in [3.05, 3.63) is 41.9 Å². The Labute approximate surface area is 207 Å². The van der Waals surface area contributed by atoms with Gasteiger partial charge in [0.05, 0.1) is 5.69 Å². The molecule has 3 rings (SSSR count). The minimum Gasteiger partial charge on any atom is -0.482 e. The summed E-state index contributed by atoms with van der Waals surface area (Å²) < 4.78 is 7.66. The standard InChI is InChI=1S/C26H38N6O3/c1-9-12-21(33)27-17-13-10-11-14-18(17)35-16-22(34)28-26(7,8)25(5,6)23-30-29-20-15-19(24(2,3)4)31-32(20)23/h10-11,13-15,31H,9,12,16H2,1-8H3,(H,27,33)(H,28,34). The smallest absolute Gasteiger partial charge is 0.258 e. The van der Waals surface area contributed by atoms with Crippen molar-refractivity contribution in [3.8, 4) is 5.75 Å². The topological polar surface area (TPSA) is 113 Å². The van der Waals surface area contributed by atoms with Gasteiger partial charge in [-0.15, -0.1) is 10.2 Å². The van der Waals surface area contributed by atoms with Gasteiger partial charge in [-0.1, -0.05) is 53.7 Å². The highest BCUT2D eigenvalue weighted by Gasteiger charge is 2.43. The molecule has 2 heterocycles. The van der Waals surface area contributed by atoms with E-state index in [1.807, 2.05) is 51.3 Å². The van der Waals surface area contributed by atoms with E-state index in [2.05, 4.69) is 46.7 Å². The van der Waals surface area contributed by atoms with E-state index in [1.165, 1.54) is 0 Å². The SMILES string of the molecule is CCCC(=O)Nc1ccccc1OCC(=O)NC(C)(C)C(C)(C)c1nnc2cc(C(C)(C)C)[nH]n12. The first-order valence-corrected chi connectivity index (χ1v) is 12.0. The Kier molecular flexibility index (Phi) is 7.29. The molecule has 0 unspecified atom stereocenters. The third-order valence-corrected chi connectivity index (χ3v) is 6.57. The van der Waals surface area contributed by atoms with E-state index >= 15 is 0 Å². The van der Waals surface area contributed by atoms with Gasteiger partial charge < -0.3 is 15.4 Å². The third-order valence-electron chi connectivity index (χ3n) is 6.57. The van der Waals surface area contributed by atoms with Crippen LogP contribution in [-0.2, 0) is 20.4 Å². The number of carbonyl (C=O) groups excluding carboxylic acids is 2. The molecular weight excluding hydrogens is 444 g/mol. The van der Waals surface area contributed by atoms with Crippen LogP contribution >= 0.6 is 0 Å². The number of hydrogen-bond acceptors (Lipinski definition) is 5. The lowest BCUT2D eigenvalue weighted by Crippen LogP contribution is -2.57. The number of benzene rings is 1. The largest absolute Gasteiger partial charge is 0.482 e. The highest BCUT2D eigenvalue weighted by Crippen LogP contribution is 2.34. The molecule has 0 aliphatic rings. The minimum atomic E-state index is -0.682. The van der Waals surface area contributed by atoms with Gasteiger partial charge in [-0.2, -0.15) is 0 Å². The molecule has 0 spiro atoms. The summed E-state index contributed by atoms with van der Waals surface area (Å²) in [5, 5.41) is 18.1. The molecule has 0 saturated carbocycles. The fourth-order valence-electron chi connectivity index (χ4n) is 3.67. The summed E-state index contributed by atoms with van der Waals surface area (Å²) in [7, 11) is 0. The Bertz CT molecular complexity index is 1200. The zero-order valence-electron chi connectivity index (χ0n) is 22.1. The van der Waals surface area contributed by atoms with Crippen LogP contribution in [0.3, 0.4) is 0 Å². The minimum absolute atomic E-state index is 0.0600. The zero-order chi connectivity index (χ0) is 26.0. The van der Waals surface area contributed by atoms with Crippen molar-refractivity contribution in [1.29, 1.82) is 0 Å². The summed E-state index contributed by atoms with van der Waals surface area (Å²) in [6, 6.07) is 9.10. The molecule has 0 radical (unpaired) electrons. The Morgan fingerprint density at radius 3 is 2.37 bits per heavy atom. The second kappa shape index (κ2) is 9.71. The molecule has 3 aromatic rings. The van der Waals surface area contributed by atoms with Crippen LogP contribution in [-0.4, -0.2) is 43.8 Å². The van der Waals surface area contributed by atoms with Crippen LogP contribution in [0, 0.1) is 0 Å². The molecule has 1 aromatic carbocycles. The van der Waals surface area contributed by atoms with Crippen LogP contribution in [0.5, 0.6) is 5.75 Å². The molecule has 0 bridgehead atoms. The Hall–Kier alpha value is -3.36. The average molecular weight is 483 g/mol. The molecule has 0 atom stereocenters. The number of H-pyrrole nitrogens is 1. The van der Waals surface area contributed by atoms with Crippen molar-refractivity contribution in [1.82, 2.24) is 25.1 Å². The molecule has 190 valence electrons. The zero-order valence-corrected chi connectivity index (χ0v) is 22.1. The van der Waals surface area contributed by atoms with Crippen LogP contribution < -0.4 is 15.4 Å². The van der Waals surface area contributed by atoms with E-state index in [0.29, 0.717) is 17.9 Å². The van der Waals surface area contributed by atoms with Gasteiger partial charge in [0.15, 0.2) is 18.1 Å². The van der Waals surface area contributed by atoms with Crippen molar-refractivity contribution in [2.45, 2.75) is 84.6 Å². The number of anilines is 1. The number of amides is 2. The molecule has 0 aliphatic heterocycles. The van der Waals surface area contributed by atoms with Gasteiger partial charge in [-0.05, 0) is 32.4 Å². The van der Waals surface area contributed by atoms with Gasteiger partial charge in [-0.3, -0.25) is 14.7 Å². The monoisotopic (exact) mass is 482 g/mol. The Morgan fingerprint density at radius 2 is 1.71 bits per heavy atom. The highest BCUT2D eigenvalue weighted by molar-refractivity contribution is 5.92. The lowest BCUT2D eigenvalue weighted by molar-refractivity contribution is -0.125. The maximum absolute atomic E-state index is 12.9. The first-order valence-electron chi connectivity index (χ1n) is 12.0. The maximum Gasteiger partial charge on any atom is 0.258 e. The summed E-state index contributed by atoms with van der Waals surface area (Å²) in [4.78, 5) is 24.9. The van der Waals surface area contributed by atoms with Crippen LogP contribution in [0.1, 0.15) is 79.7 Å². The van der Waals surface area contributed by atoms with Gasteiger partial charge in [0.1, 0.15) is 5.75 Å². The van der Waals surface area contributed by atoms with Crippen LogP contribution in [0.4, 0.5) is 5.69 Å². The lowest BCUT2D eigenvalue weighted by Gasteiger charge is -2.40. The number of nitrogens with zero attached hydrogens (tertiary/aromatic N) is 3. The second-order valence-electron chi connectivity index (χ2n) is 11.0. The number of para-hydroxylation sites is 2. The molecule has 2 aromatic heterocycles. The lowest BCUT2D eigenvalue weighted by atomic mass is 9.73. The predicted molar refractivity (Wildman–Crippen MR) is 137 cm³/mol. The third kappa shape index (κ3) is 5.66. The number of aromatic amines is 1. The van der Waals surface area contributed by atoms with Crippen LogP contribution in [0.25, 0.3) is 5.65 Å². The van der Waals surface area contributed by atoms with Crippen molar-refractivity contribution >= 4 is 23.1 Å². The van der Waals surface area contributed by atoms with Crippen molar-refractivity contribution in [2.75, 3.05) is 11.9 Å². The number of fused-ring (bicyclic) bond motifs is 1. The molecule has 0 saturated heterocycles. The normalized spacial score (nSPS) is 12.6. The second-order valence-corrected chi connectivity index (χ2v) is 11.0. The van der Waals surface area contributed by atoms with E-state index in [1.54, 1.807) is 18.2 Å². The van der Waals surface area contributed by atoms with Crippen molar-refractivity contribution in [2.24, 2.45) is 0 Å². The highest BCUT2D eigenvalue weighted by atomic mass is 16.5. The molecule has 0 aliphatic carbocycles. The molecule has 9 nitrogen and oxygen atoms in total. The molecule has 9 heteroatoms. The Balaban J connectivity index is 1.72. The molecule has 2 amide bonds. The van der Waals surface area contributed by atoms with Gasteiger partial charge in [0.25, 0.3) is 5.91 Å². The molecule has 35 heavy (non-hydrogen) atoms. The number of nitrogens with one attached hydrogen (secondary N) is 3. The van der Waals surface area contributed by atoms with E-state index in [4.69, 9.17) is 4.74 Å². The maximum atomic E-state index is 12.9. The number of ether oxygens (including phenoxy) is 1. The van der Waals surface area contributed by atoms with Gasteiger partial charge in [-0.25, -0.2) is 4.52 Å². The summed E-state index contributed by atoms with van der Waals surface area (Å²) in [5.74, 6) is 0.803. The van der Waals surface area contributed by atoms with Crippen LogP contribution in [0.15, 0.2) is 30.3 Å². The number of rotatable bonds is 9. The Morgan fingerprint density at radius 1 is 1.03 bits per heavy atom. The molecule has 3 N–H and O–H groups in total. The van der Waals surface area contributed by atoms with Crippen LogP contribution in [0.2, 0.25) is 0 Å². The summed E-state index contributed by atoms with van der Waals surface area (Å²) in [6.45, 7) is 16.1. The summed E-state index contributed by atoms with van der Waals surface area (Å²) in [5.41, 5.74) is 1.03. The van der Waals surface area contributed by atoms with E-state index in [-0.39, 0.29) is 23.8 Å². The van der Waals surface area contributed by atoms with Gasteiger partial charge in [0.2, 0.25) is 5.91 Å². The number of hydrogen-bond donors (Lipinski definition) is 3. The van der Waals surface area contributed by atoms with E-state index in [0.717, 1.165) is 23.6 Å². The van der Waals surface area contributed by atoms with Gasteiger partial charge >= 0.3 is 0 Å². The van der Waals surface area contributed by atoms with Crippen molar-refractivity contribution in [3.63, 3.8) is 0 Å². The summed E-state index contributed by atoms with van der Waals surface area (Å²) >= 11 is 0. The summed E-state index contributed by atoms with van der Waals surface area (Å²) in [6.07, 6.45) is 1.17. The number of aromatic nitrogens is 4. The number of carbonyl (C=O) groups is 2. The average Bonchev–Trinajstić information content (AvgIpc) is 3.34. The van der Waals surface area contributed by atoms with Crippen molar-refractivity contribution < 1.29 is 14.3 Å². The fraction of sp³-hybridized carbons (Fsp3) is 0.538. The van der Waals surface area contributed by atoms with Gasteiger partial charge in [0, 0.05) is 34.6 Å². The molecule has 0 fully saturated rings. The fourth-order valence-corrected chi connectivity index (χ4v) is 3.67. The van der Waals surface area contributed by atoms with E-state index < -0.39 is 11.0 Å². The first-order chi connectivity index (χ1) is 16.3.